The van der Waals surface area contributed by atoms with E-state index in [0.717, 1.165) is 28.1 Å². The average Bonchev–Trinajstić information content (AvgIpc) is 2.86. The van der Waals surface area contributed by atoms with Gasteiger partial charge in [0.15, 0.2) is 5.82 Å². The zero-order valence-electron chi connectivity index (χ0n) is 12.1. The van der Waals surface area contributed by atoms with Gasteiger partial charge in [0, 0.05) is 11.3 Å². The van der Waals surface area contributed by atoms with Gasteiger partial charge in [-0.15, -0.1) is 0 Å². The number of amides is 1. The lowest BCUT2D eigenvalue weighted by molar-refractivity contribution is 0.102. The van der Waals surface area contributed by atoms with Gasteiger partial charge in [-0.2, -0.15) is 16.9 Å². The molecule has 2 rings (SSSR count). The summed E-state index contributed by atoms with van der Waals surface area (Å²) < 4.78 is 0.814. The molecule has 1 aromatic carbocycles. The summed E-state index contributed by atoms with van der Waals surface area (Å²) >= 11 is 5.31. The second-order valence-electron chi connectivity index (χ2n) is 4.51. The zero-order chi connectivity index (χ0) is 15.2. The number of thioether (sulfide) groups is 1. The largest absolute Gasteiger partial charge is 0.304 e. The number of aromatic amines is 1. The minimum absolute atomic E-state index is 0.153. The van der Waals surface area contributed by atoms with E-state index in [1.165, 1.54) is 5.56 Å². The van der Waals surface area contributed by atoms with E-state index >= 15 is 0 Å². The van der Waals surface area contributed by atoms with Gasteiger partial charge >= 0.3 is 0 Å². The molecule has 0 aliphatic heterocycles. The van der Waals surface area contributed by atoms with E-state index < -0.39 is 0 Å². The van der Waals surface area contributed by atoms with Gasteiger partial charge in [-0.25, -0.2) is 0 Å². The van der Waals surface area contributed by atoms with Gasteiger partial charge in [0.05, 0.1) is 10.2 Å². The van der Waals surface area contributed by atoms with Crippen molar-refractivity contribution in [1.82, 2.24) is 10.2 Å². The van der Waals surface area contributed by atoms with Crippen molar-refractivity contribution in [3.05, 3.63) is 45.6 Å². The standard InChI is InChI=1S/C15H18BrN3OS/c1-3-12-13(16)14(19-18-12)17-15(20)11-7-5-10(6-8-11)9-21-4-2/h5-8H,3-4,9H2,1-2H3,(H2,17,18,19,20). The number of benzene rings is 1. The van der Waals surface area contributed by atoms with Crippen LogP contribution in [-0.4, -0.2) is 21.9 Å². The Morgan fingerprint density at radius 1 is 1.33 bits per heavy atom. The molecule has 4 nitrogen and oxygen atoms in total. The first-order valence-electron chi connectivity index (χ1n) is 6.86. The van der Waals surface area contributed by atoms with E-state index in [1.54, 1.807) is 0 Å². The van der Waals surface area contributed by atoms with E-state index in [9.17, 15) is 4.79 Å². The van der Waals surface area contributed by atoms with Gasteiger partial charge in [0.1, 0.15) is 0 Å². The molecule has 0 bridgehead atoms. The third kappa shape index (κ3) is 4.11. The van der Waals surface area contributed by atoms with E-state index in [4.69, 9.17) is 0 Å². The molecule has 0 unspecified atom stereocenters. The van der Waals surface area contributed by atoms with Crippen LogP contribution in [0.2, 0.25) is 0 Å². The van der Waals surface area contributed by atoms with Crippen molar-refractivity contribution in [1.29, 1.82) is 0 Å². The predicted octanol–water partition coefficient (Wildman–Crippen LogP) is 4.24. The number of nitrogens with zero attached hydrogens (tertiary/aromatic N) is 1. The van der Waals surface area contributed by atoms with Crippen molar-refractivity contribution in [3.8, 4) is 0 Å². The Kier molecular flexibility index (Phi) is 5.87. The van der Waals surface area contributed by atoms with Crippen molar-refractivity contribution in [2.45, 2.75) is 26.0 Å². The molecule has 0 saturated heterocycles. The summed E-state index contributed by atoms with van der Waals surface area (Å²) in [6.07, 6.45) is 0.827. The molecule has 2 aromatic rings. The number of carbonyl (C=O) groups excluding carboxylic acids is 1. The number of aryl methyl sites for hydroxylation is 1. The monoisotopic (exact) mass is 367 g/mol. The molecule has 1 heterocycles. The number of aromatic nitrogens is 2. The molecule has 0 aliphatic carbocycles. The van der Waals surface area contributed by atoms with E-state index in [1.807, 2.05) is 43.0 Å². The van der Waals surface area contributed by atoms with Crippen LogP contribution in [0, 0.1) is 0 Å². The molecular formula is C15H18BrN3OS. The molecule has 0 spiro atoms. The molecule has 2 N–H and O–H groups in total. The Morgan fingerprint density at radius 3 is 2.62 bits per heavy atom. The van der Waals surface area contributed by atoms with Gasteiger partial charge in [0.25, 0.3) is 5.91 Å². The first kappa shape index (κ1) is 16.1. The van der Waals surface area contributed by atoms with Crippen LogP contribution in [0.15, 0.2) is 28.7 Å². The maximum absolute atomic E-state index is 12.2. The van der Waals surface area contributed by atoms with Crippen LogP contribution in [0.4, 0.5) is 5.82 Å². The molecule has 0 saturated carbocycles. The van der Waals surface area contributed by atoms with Gasteiger partial charge in [0.2, 0.25) is 0 Å². The van der Waals surface area contributed by atoms with Crippen LogP contribution < -0.4 is 5.32 Å². The number of halogens is 1. The Hall–Kier alpha value is -1.27. The minimum atomic E-state index is -0.153. The first-order chi connectivity index (χ1) is 10.2. The summed E-state index contributed by atoms with van der Waals surface area (Å²) in [4.78, 5) is 12.2. The SMILES string of the molecule is CCSCc1ccc(C(=O)Nc2n[nH]c(CC)c2Br)cc1. The highest BCUT2D eigenvalue weighted by molar-refractivity contribution is 9.10. The van der Waals surface area contributed by atoms with Crippen molar-refractivity contribution >= 4 is 39.4 Å². The highest BCUT2D eigenvalue weighted by atomic mass is 79.9. The lowest BCUT2D eigenvalue weighted by atomic mass is 10.1. The van der Waals surface area contributed by atoms with Crippen LogP contribution in [0.1, 0.15) is 35.5 Å². The van der Waals surface area contributed by atoms with E-state index in [0.29, 0.717) is 11.4 Å². The summed E-state index contributed by atoms with van der Waals surface area (Å²) in [7, 11) is 0. The molecule has 1 amide bonds. The number of anilines is 1. The quantitative estimate of drug-likeness (QED) is 0.802. The van der Waals surface area contributed by atoms with E-state index in [-0.39, 0.29) is 5.91 Å². The van der Waals surface area contributed by atoms with Gasteiger partial charge in [-0.3, -0.25) is 9.89 Å². The number of nitrogens with one attached hydrogen (secondary N) is 2. The van der Waals surface area contributed by atoms with Gasteiger partial charge in [-0.05, 0) is 45.8 Å². The number of H-pyrrole nitrogens is 1. The fourth-order valence-corrected chi connectivity index (χ4v) is 3.02. The molecule has 6 heteroatoms. The molecule has 0 atom stereocenters. The predicted molar refractivity (Wildman–Crippen MR) is 91.9 cm³/mol. The van der Waals surface area contributed by atoms with Gasteiger partial charge < -0.3 is 5.32 Å². The molecular weight excluding hydrogens is 350 g/mol. The van der Waals surface area contributed by atoms with Crippen molar-refractivity contribution in [3.63, 3.8) is 0 Å². The number of hydrogen-bond donors (Lipinski definition) is 2. The lowest BCUT2D eigenvalue weighted by Crippen LogP contribution is -2.12. The zero-order valence-corrected chi connectivity index (χ0v) is 14.5. The molecule has 112 valence electrons. The normalized spacial score (nSPS) is 10.6. The minimum Gasteiger partial charge on any atom is -0.304 e. The molecule has 1 aromatic heterocycles. The van der Waals surface area contributed by atoms with Gasteiger partial charge in [-0.1, -0.05) is 26.0 Å². The second-order valence-corrected chi connectivity index (χ2v) is 6.57. The lowest BCUT2D eigenvalue weighted by Gasteiger charge is -2.04. The third-order valence-electron chi connectivity index (χ3n) is 3.05. The smallest absolute Gasteiger partial charge is 0.256 e. The number of carbonyl (C=O) groups is 1. The molecule has 0 aliphatic rings. The molecule has 0 fully saturated rings. The third-order valence-corrected chi connectivity index (χ3v) is 4.85. The summed E-state index contributed by atoms with van der Waals surface area (Å²) in [6.45, 7) is 4.16. The topological polar surface area (TPSA) is 57.8 Å². The van der Waals surface area contributed by atoms with Crippen molar-refractivity contribution in [2.75, 3.05) is 11.1 Å². The average molecular weight is 368 g/mol. The summed E-state index contributed by atoms with van der Waals surface area (Å²) in [6, 6.07) is 7.69. The van der Waals surface area contributed by atoms with Crippen LogP contribution in [0.3, 0.4) is 0 Å². The molecule has 0 radical (unpaired) electrons. The van der Waals surface area contributed by atoms with Crippen LogP contribution in [0.5, 0.6) is 0 Å². The second kappa shape index (κ2) is 7.66. The maximum Gasteiger partial charge on any atom is 0.256 e. The number of hydrogen-bond acceptors (Lipinski definition) is 3. The van der Waals surface area contributed by atoms with Crippen LogP contribution >= 0.6 is 27.7 Å². The number of rotatable bonds is 6. The van der Waals surface area contributed by atoms with Crippen molar-refractivity contribution in [2.24, 2.45) is 0 Å². The summed E-state index contributed by atoms with van der Waals surface area (Å²) in [5.74, 6) is 2.44. The summed E-state index contributed by atoms with van der Waals surface area (Å²) in [5.41, 5.74) is 2.83. The fraction of sp³-hybridized carbons (Fsp3) is 0.333. The Bertz CT molecular complexity index is 610. The Balaban J connectivity index is 2.04. The van der Waals surface area contributed by atoms with Crippen LogP contribution in [0.25, 0.3) is 0 Å². The first-order valence-corrected chi connectivity index (χ1v) is 8.81. The fourth-order valence-electron chi connectivity index (χ4n) is 1.83. The van der Waals surface area contributed by atoms with Crippen LogP contribution in [-0.2, 0) is 12.2 Å². The highest BCUT2D eigenvalue weighted by Crippen LogP contribution is 2.24. The van der Waals surface area contributed by atoms with E-state index in [2.05, 4.69) is 38.4 Å². The Labute approximate surface area is 137 Å². The highest BCUT2D eigenvalue weighted by Gasteiger charge is 2.13. The Morgan fingerprint density at radius 2 is 2.05 bits per heavy atom. The maximum atomic E-state index is 12.2. The molecule has 21 heavy (non-hydrogen) atoms. The summed E-state index contributed by atoms with van der Waals surface area (Å²) in [5, 5.41) is 9.81. The van der Waals surface area contributed by atoms with Crippen molar-refractivity contribution < 1.29 is 4.79 Å².